The van der Waals surface area contributed by atoms with Gasteiger partial charge in [0.1, 0.15) is 11.1 Å². The molecule has 1 aromatic carbocycles. The molecule has 11 heteroatoms. The average molecular weight is 483 g/mol. The maximum Gasteiger partial charge on any atom is 0.264 e. The Balaban J connectivity index is 1.54. The number of carbonyl (C=O) groups excluding carboxylic acids is 1. The van der Waals surface area contributed by atoms with Crippen LogP contribution in [0.5, 0.6) is 0 Å². The number of aromatic nitrogens is 3. The summed E-state index contributed by atoms with van der Waals surface area (Å²) in [4.78, 5) is 24.5. The summed E-state index contributed by atoms with van der Waals surface area (Å²) < 4.78 is 27.1. The molecule has 2 aromatic heterocycles. The van der Waals surface area contributed by atoms with Gasteiger partial charge in [0.25, 0.3) is 10.0 Å². The van der Waals surface area contributed by atoms with Crippen LogP contribution >= 0.6 is 11.8 Å². The van der Waals surface area contributed by atoms with Crippen LogP contribution in [0.25, 0.3) is 0 Å². The van der Waals surface area contributed by atoms with E-state index in [1.165, 1.54) is 48.4 Å². The first-order valence-corrected chi connectivity index (χ1v) is 12.6. The molecule has 3 rings (SSSR count). The smallest absolute Gasteiger partial charge is 0.264 e. The third-order valence-corrected chi connectivity index (χ3v) is 6.69. The molecular weight excluding hydrogens is 460 g/mol. The fourth-order valence-electron chi connectivity index (χ4n) is 2.78. The van der Waals surface area contributed by atoms with E-state index in [2.05, 4.69) is 38.0 Å². The van der Waals surface area contributed by atoms with E-state index in [0.717, 1.165) is 18.5 Å². The largest absolute Gasteiger partial charge is 0.326 e. The van der Waals surface area contributed by atoms with Gasteiger partial charge in [0.15, 0.2) is 0 Å². The van der Waals surface area contributed by atoms with Gasteiger partial charge in [-0.15, -0.1) is 11.8 Å². The number of nitriles is 1. The second-order valence-corrected chi connectivity index (χ2v) is 9.63. The number of anilines is 2. The van der Waals surface area contributed by atoms with Crippen molar-refractivity contribution in [1.82, 2.24) is 15.0 Å². The van der Waals surface area contributed by atoms with Gasteiger partial charge in [0.05, 0.1) is 10.5 Å². The molecule has 0 aliphatic carbocycles. The maximum atomic E-state index is 12.4. The van der Waals surface area contributed by atoms with Crippen LogP contribution in [0.4, 0.5) is 11.6 Å². The first-order valence-electron chi connectivity index (χ1n) is 10.1. The summed E-state index contributed by atoms with van der Waals surface area (Å²) >= 11 is 1.36. The summed E-state index contributed by atoms with van der Waals surface area (Å²) in [5.41, 5.74) is 1.89. The van der Waals surface area contributed by atoms with Gasteiger partial charge in [0.2, 0.25) is 11.9 Å². The Hall–Kier alpha value is -3.49. The van der Waals surface area contributed by atoms with Gasteiger partial charge >= 0.3 is 0 Å². The summed E-state index contributed by atoms with van der Waals surface area (Å²) in [5.74, 6) is 0.204. The van der Waals surface area contributed by atoms with E-state index in [1.54, 1.807) is 12.1 Å². The van der Waals surface area contributed by atoms with E-state index in [9.17, 15) is 18.5 Å². The number of hydrogen-bond donors (Lipinski definition) is 2. The number of aryl methyl sites for hydroxylation is 1. The number of amides is 1. The Kier molecular flexibility index (Phi) is 8.34. The summed E-state index contributed by atoms with van der Waals surface area (Å²) in [6.45, 7) is 2.06. The van der Waals surface area contributed by atoms with Crippen LogP contribution in [0.15, 0.2) is 64.8 Å². The molecule has 0 saturated carbocycles. The number of hydrogen-bond acceptors (Lipinski definition) is 8. The topological polar surface area (TPSA) is 138 Å². The van der Waals surface area contributed by atoms with Crippen molar-refractivity contribution in [2.24, 2.45) is 0 Å². The van der Waals surface area contributed by atoms with Crippen molar-refractivity contribution in [3.63, 3.8) is 0 Å². The standard InChI is InChI=1S/C22H22N6O3S2/c1-2-4-17-6-5-16(15-23)21(27-17)32-14-11-20(29)26-18-7-9-19(10-8-18)33(30,31)28-22-24-12-3-13-25-22/h3,5-10,12-13H,2,4,11,14H2,1H3,(H,26,29)(H,24,25,28). The van der Waals surface area contributed by atoms with Gasteiger partial charge in [-0.2, -0.15) is 5.26 Å². The van der Waals surface area contributed by atoms with Crippen molar-refractivity contribution >= 4 is 39.3 Å². The lowest BCUT2D eigenvalue weighted by Gasteiger charge is -2.09. The maximum absolute atomic E-state index is 12.4. The van der Waals surface area contributed by atoms with Crippen molar-refractivity contribution in [3.8, 4) is 6.07 Å². The number of rotatable bonds is 10. The molecule has 0 aliphatic heterocycles. The number of sulfonamides is 1. The Bertz CT molecular complexity index is 1240. The van der Waals surface area contributed by atoms with Crippen molar-refractivity contribution in [2.45, 2.75) is 36.1 Å². The third kappa shape index (κ3) is 7.00. The van der Waals surface area contributed by atoms with Gasteiger partial charge in [-0.05, 0) is 48.9 Å². The van der Waals surface area contributed by atoms with Crippen LogP contribution in [0.1, 0.15) is 31.0 Å². The summed E-state index contributed by atoms with van der Waals surface area (Å²) in [5, 5.41) is 12.6. The molecule has 0 unspecified atom stereocenters. The Morgan fingerprint density at radius 1 is 1.12 bits per heavy atom. The minimum absolute atomic E-state index is 0.0191. The lowest BCUT2D eigenvalue weighted by Crippen LogP contribution is -2.15. The molecule has 3 aromatic rings. The molecule has 2 heterocycles. The molecule has 0 spiro atoms. The SMILES string of the molecule is CCCc1ccc(C#N)c(SCCC(=O)Nc2ccc(S(=O)(=O)Nc3ncccn3)cc2)n1. The predicted molar refractivity (Wildman–Crippen MR) is 126 cm³/mol. The zero-order chi connectivity index (χ0) is 23.7. The van der Waals surface area contributed by atoms with E-state index in [-0.39, 0.29) is 23.2 Å². The fourth-order valence-corrected chi connectivity index (χ4v) is 4.67. The molecule has 0 saturated heterocycles. The Morgan fingerprint density at radius 3 is 2.52 bits per heavy atom. The Labute approximate surface area is 196 Å². The van der Waals surface area contributed by atoms with Crippen LogP contribution in [-0.2, 0) is 21.2 Å². The minimum Gasteiger partial charge on any atom is -0.326 e. The second kappa shape index (κ2) is 11.4. The highest BCUT2D eigenvalue weighted by atomic mass is 32.2. The minimum atomic E-state index is -3.84. The molecule has 170 valence electrons. The quantitative estimate of drug-likeness (QED) is 0.418. The van der Waals surface area contributed by atoms with Crippen LogP contribution in [0, 0.1) is 11.3 Å². The Morgan fingerprint density at radius 2 is 1.85 bits per heavy atom. The van der Waals surface area contributed by atoms with Gasteiger partial charge < -0.3 is 5.32 Å². The van der Waals surface area contributed by atoms with Gasteiger partial charge in [-0.3, -0.25) is 4.79 Å². The lowest BCUT2D eigenvalue weighted by atomic mass is 10.2. The average Bonchev–Trinajstić information content (AvgIpc) is 2.80. The lowest BCUT2D eigenvalue weighted by molar-refractivity contribution is -0.115. The number of pyridine rings is 1. The fraction of sp³-hybridized carbons (Fsp3) is 0.227. The normalized spacial score (nSPS) is 10.9. The van der Waals surface area contributed by atoms with Crippen molar-refractivity contribution in [2.75, 3.05) is 15.8 Å². The van der Waals surface area contributed by atoms with Crippen molar-refractivity contribution < 1.29 is 13.2 Å². The number of carbonyl (C=O) groups is 1. The molecule has 0 aliphatic rings. The zero-order valence-corrected chi connectivity index (χ0v) is 19.5. The van der Waals surface area contributed by atoms with Crippen LogP contribution in [0.3, 0.4) is 0 Å². The predicted octanol–water partition coefficient (Wildman–Crippen LogP) is 3.62. The van der Waals surface area contributed by atoms with E-state index < -0.39 is 10.0 Å². The first kappa shape index (κ1) is 24.2. The van der Waals surface area contributed by atoms with E-state index in [0.29, 0.717) is 22.0 Å². The molecule has 1 amide bonds. The van der Waals surface area contributed by atoms with Crippen molar-refractivity contribution in [3.05, 3.63) is 66.1 Å². The van der Waals surface area contributed by atoms with Crippen LogP contribution < -0.4 is 10.0 Å². The highest BCUT2D eigenvalue weighted by molar-refractivity contribution is 7.99. The molecule has 0 radical (unpaired) electrons. The highest BCUT2D eigenvalue weighted by Gasteiger charge is 2.15. The molecular formula is C22H22N6O3S2. The monoisotopic (exact) mass is 482 g/mol. The third-order valence-electron chi connectivity index (χ3n) is 4.35. The number of nitrogens with zero attached hydrogens (tertiary/aromatic N) is 4. The molecule has 33 heavy (non-hydrogen) atoms. The van der Waals surface area contributed by atoms with Gasteiger partial charge in [-0.1, -0.05) is 13.3 Å². The van der Waals surface area contributed by atoms with Gasteiger partial charge in [-0.25, -0.2) is 28.1 Å². The molecule has 0 bridgehead atoms. The first-order chi connectivity index (χ1) is 15.9. The molecule has 2 N–H and O–H groups in total. The van der Waals surface area contributed by atoms with Crippen molar-refractivity contribution in [1.29, 1.82) is 5.26 Å². The van der Waals surface area contributed by atoms with E-state index >= 15 is 0 Å². The highest BCUT2D eigenvalue weighted by Crippen LogP contribution is 2.22. The summed E-state index contributed by atoms with van der Waals surface area (Å²) in [6.07, 6.45) is 4.87. The van der Waals surface area contributed by atoms with Crippen LogP contribution in [-0.4, -0.2) is 35.0 Å². The van der Waals surface area contributed by atoms with Gasteiger partial charge in [0, 0.05) is 35.9 Å². The molecule has 0 atom stereocenters. The molecule has 0 fully saturated rings. The van der Waals surface area contributed by atoms with Crippen LogP contribution in [0.2, 0.25) is 0 Å². The number of thioether (sulfide) groups is 1. The van der Waals surface area contributed by atoms with E-state index in [1.807, 2.05) is 6.07 Å². The van der Waals surface area contributed by atoms with E-state index in [4.69, 9.17) is 0 Å². The summed E-state index contributed by atoms with van der Waals surface area (Å²) in [7, 11) is -3.84. The number of nitrogens with one attached hydrogen (secondary N) is 2. The summed E-state index contributed by atoms with van der Waals surface area (Å²) in [6, 6.07) is 13.1. The molecule has 9 nitrogen and oxygen atoms in total. The second-order valence-electron chi connectivity index (χ2n) is 6.87. The number of benzene rings is 1. The zero-order valence-electron chi connectivity index (χ0n) is 17.9.